The van der Waals surface area contributed by atoms with Crippen LogP contribution < -0.4 is 5.32 Å². The van der Waals surface area contributed by atoms with E-state index in [9.17, 15) is 0 Å². The van der Waals surface area contributed by atoms with Crippen molar-refractivity contribution in [1.82, 2.24) is 5.32 Å². The Morgan fingerprint density at radius 1 is 0.762 bits per heavy atom. The average molecular weight is 291 g/mol. The van der Waals surface area contributed by atoms with Crippen LogP contribution in [0.5, 0.6) is 0 Å². The van der Waals surface area contributed by atoms with Crippen LogP contribution in [0.15, 0.2) is 0 Å². The molecule has 2 saturated carbocycles. The second kappa shape index (κ2) is 5.85. The van der Waals surface area contributed by atoms with E-state index in [4.69, 9.17) is 4.74 Å². The summed E-state index contributed by atoms with van der Waals surface area (Å²) in [5.74, 6) is 1.87. The van der Waals surface area contributed by atoms with Gasteiger partial charge in [0.25, 0.3) is 0 Å². The molecule has 0 aromatic carbocycles. The molecule has 4 rings (SSSR count). The van der Waals surface area contributed by atoms with Crippen LogP contribution in [-0.2, 0) is 4.74 Å². The van der Waals surface area contributed by atoms with E-state index in [0.29, 0.717) is 5.54 Å². The highest BCUT2D eigenvalue weighted by atomic mass is 16.5. The first-order valence-corrected chi connectivity index (χ1v) is 9.72. The second-order valence-corrected chi connectivity index (χ2v) is 8.33. The molecule has 2 saturated heterocycles. The van der Waals surface area contributed by atoms with Gasteiger partial charge in [0.05, 0.1) is 5.60 Å². The van der Waals surface area contributed by atoms with Crippen LogP contribution >= 0.6 is 0 Å². The van der Waals surface area contributed by atoms with Gasteiger partial charge in [0.1, 0.15) is 0 Å². The van der Waals surface area contributed by atoms with Gasteiger partial charge in [-0.2, -0.15) is 0 Å². The number of ether oxygens (including phenoxy) is 1. The molecule has 21 heavy (non-hydrogen) atoms. The quantitative estimate of drug-likeness (QED) is 0.812. The highest BCUT2D eigenvalue weighted by Crippen LogP contribution is 2.53. The van der Waals surface area contributed by atoms with Crippen molar-refractivity contribution in [3.8, 4) is 0 Å². The molecule has 2 heteroatoms. The zero-order valence-corrected chi connectivity index (χ0v) is 13.7. The molecule has 0 bridgehead atoms. The Bertz CT molecular complexity index is 343. The van der Waals surface area contributed by atoms with Crippen molar-refractivity contribution in [3.05, 3.63) is 0 Å². The SMILES string of the molecule is C1CCC2(CC1)CC(C1(C3CC3)CCCCCN1)CCO2. The molecule has 2 unspecified atom stereocenters. The summed E-state index contributed by atoms with van der Waals surface area (Å²) in [5, 5.41) is 4.09. The number of hydrogen-bond donors (Lipinski definition) is 1. The van der Waals surface area contributed by atoms with Crippen LogP contribution in [0.2, 0.25) is 0 Å². The predicted molar refractivity (Wildman–Crippen MR) is 86.4 cm³/mol. The summed E-state index contributed by atoms with van der Waals surface area (Å²) >= 11 is 0. The molecule has 0 aromatic heterocycles. The first-order valence-electron chi connectivity index (χ1n) is 9.72. The first kappa shape index (κ1) is 14.5. The Balaban J connectivity index is 1.54. The lowest BCUT2D eigenvalue weighted by Crippen LogP contribution is -2.57. The molecule has 2 nitrogen and oxygen atoms in total. The summed E-state index contributed by atoms with van der Waals surface area (Å²) in [5.41, 5.74) is 0.766. The van der Waals surface area contributed by atoms with Crippen molar-refractivity contribution < 1.29 is 4.74 Å². The largest absolute Gasteiger partial charge is 0.375 e. The normalized spacial score (nSPS) is 40.9. The molecular weight excluding hydrogens is 258 g/mol. The Morgan fingerprint density at radius 3 is 2.33 bits per heavy atom. The predicted octanol–water partition coefficient (Wildman–Crippen LogP) is 4.43. The lowest BCUT2D eigenvalue weighted by molar-refractivity contribution is -0.132. The van der Waals surface area contributed by atoms with E-state index in [0.717, 1.165) is 18.4 Å². The zero-order chi connectivity index (χ0) is 14.2. The molecule has 4 aliphatic rings. The Labute approximate surface area is 130 Å². The molecular formula is C19H33NO. The van der Waals surface area contributed by atoms with Gasteiger partial charge in [-0.15, -0.1) is 0 Å². The molecule has 120 valence electrons. The summed E-state index contributed by atoms with van der Waals surface area (Å²) in [7, 11) is 0. The Morgan fingerprint density at radius 2 is 1.52 bits per heavy atom. The van der Waals surface area contributed by atoms with Crippen LogP contribution in [0, 0.1) is 11.8 Å². The lowest BCUT2D eigenvalue weighted by Gasteiger charge is -2.51. The van der Waals surface area contributed by atoms with Crippen LogP contribution in [0.25, 0.3) is 0 Å². The third-order valence-corrected chi connectivity index (χ3v) is 7.01. The first-order chi connectivity index (χ1) is 10.3. The van der Waals surface area contributed by atoms with E-state index in [1.165, 1.54) is 90.0 Å². The summed E-state index contributed by atoms with van der Waals surface area (Å²) in [6, 6.07) is 0. The van der Waals surface area contributed by atoms with Crippen molar-refractivity contribution in [1.29, 1.82) is 0 Å². The average Bonchev–Trinajstić information content (AvgIpc) is 3.35. The fourth-order valence-electron chi connectivity index (χ4n) is 5.77. The summed E-state index contributed by atoms with van der Waals surface area (Å²) in [6.07, 6.45) is 18.3. The van der Waals surface area contributed by atoms with E-state index in [1.54, 1.807) is 0 Å². The highest BCUT2D eigenvalue weighted by molar-refractivity contribution is 5.08. The maximum absolute atomic E-state index is 6.38. The number of rotatable bonds is 2. The second-order valence-electron chi connectivity index (χ2n) is 8.33. The van der Waals surface area contributed by atoms with Crippen LogP contribution in [0.3, 0.4) is 0 Å². The van der Waals surface area contributed by atoms with Gasteiger partial charge in [0.15, 0.2) is 0 Å². The Kier molecular flexibility index (Phi) is 4.04. The van der Waals surface area contributed by atoms with Crippen LogP contribution in [-0.4, -0.2) is 24.3 Å². The van der Waals surface area contributed by atoms with Crippen molar-refractivity contribution in [2.45, 2.75) is 94.6 Å². The van der Waals surface area contributed by atoms with Crippen molar-refractivity contribution >= 4 is 0 Å². The van der Waals surface area contributed by atoms with Crippen LogP contribution in [0.4, 0.5) is 0 Å². The minimum atomic E-state index is 0.275. The topological polar surface area (TPSA) is 21.3 Å². The minimum absolute atomic E-state index is 0.275. The summed E-state index contributed by atoms with van der Waals surface area (Å²) in [6.45, 7) is 2.29. The number of nitrogens with one attached hydrogen (secondary N) is 1. The van der Waals surface area contributed by atoms with E-state index in [-0.39, 0.29) is 5.60 Å². The van der Waals surface area contributed by atoms with Crippen molar-refractivity contribution in [2.75, 3.05) is 13.2 Å². The van der Waals surface area contributed by atoms with Gasteiger partial charge in [-0.25, -0.2) is 0 Å². The minimum Gasteiger partial charge on any atom is -0.375 e. The molecule has 1 spiro atoms. The van der Waals surface area contributed by atoms with Crippen LogP contribution in [0.1, 0.15) is 83.5 Å². The molecule has 2 aliphatic carbocycles. The van der Waals surface area contributed by atoms with Gasteiger partial charge >= 0.3 is 0 Å². The molecule has 2 atom stereocenters. The third-order valence-electron chi connectivity index (χ3n) is 7.01. The highest BCUT2D eigenvalue weighted by Gasteiger charge is 2.53. The molecule has 2 heterocycles. The van der Waals surface area contributed by atoms with Gasteiger partial charge in [0, 0.05) is 12.1 Å². The molecule has 0 amide bonds. The molecule has 4 fully saturated rings. The maximum Gasteiger partial charge on any atom is 0.0685 e. The van der Waals surface area contributed by atoms with E-state index in [2.05, 4.69) is 5.32 Å². The monoisotopic (exact) mass is 291 g/mol. The van der Waals surface area contributed by atoms with Gasteiger partial charge in [-0.1, -0.05) is 32.1 Å². The van der Waals surface area contributed by atoms with Gasteiger partial charge in [-0.3, -0.25) is 0 Å². The third kappa shape index (κ3) is 2.79. The van der Waals surface area contributed by atoms with E-state index < -0.39 is 0 Å². The van der Waals surface area contributed by atoms with Gasteiger partial charge in [-0.05, 0) is 69.7 Å². The fourth-order valence-corrected chi connectivity index (χ4v) is 5.77. The number of hydrogen-bond acceptors (Lipinski definition) is 2. The fraction of sp³-hybridized carbons (Fsp3) is 1.00. The van der Waals surface area contributed by atoms with Gasteiger partial charge in [0.2, 0.25) is 0 Å². The molecule has 0 radical (unpaired) electrons. The smallest absolute Gasteiger partial charge is 0.0685 e. The lowest BCUT2D eigenvalue weighted by atomic mass is 9.66. The standard InChI is InChI=1S/C19H33NO/c1-3-10-18(11-4-1)15-17(9-14-21-18)19(16-7-8-16)12-5-2-6-13-20-19/h16-17,20H,1-15H2. The van der Waals surface area contributed by atoms with E-state index >= 15 is 0 Å². The summed E-state index contributed by atoms with van der Waals surface area (Å²) < 4.78 is 6.38. The maximum atomic E-state index is 6.38. The summed E-state index contributed by atoms with van der Waals surface area (Å²) in [4.78, 5) is 0. The molecule has 0 aromatic rings. The molecule has 1 N–H and O–H groups in total. The van der Waals surface area contributed by atoms with Crippen molar-refractivity contribution in [3.63, 3.8) is 0 Å². The van der Waals surface area contributed by atoms with Gasteiger partial charge < -0.3 is 10.1 Å². The zero-order valence-electron chi connectivity index (χ0n) is 13.7. The Hall–Kier alpha value is -0.0800. The van der Waals surface area contributed by atoms with E-state index in [1.807, 2.05) is 0 Å². The molecule has 2 aliphatic heterocycles. The van der Waals surface area contributed by atoms with Crippen molar-refractivity contribution in [2.24, 2.45) is 11.8 Å².